The highest BCUT2D eigenvalue weighted by Crippen LogP contribution is 2.29. The molecule has 3 rings (SSSR count). The molecule has 1 saturated heterocycles. The normalized spacial score (nSPS) is 22.2. The molecule has 0 spiro atoms. The SMILES string of the molecule is CCC1CCCN(c2nc3c(cc2C#N)CCCC3)C1. The van der Waals surface area contributed by atoms with Crippen LogP contribution in [0.3, 0.4) is 0 Å². The van der Waals surface area contributed by atoms with Gasteiger partial charge in [0.25, 0.3) is 0 Å². The lowest BCUT2D eigenvalue weighted by Gasteiger charge is -2.34. The summed E-state index contributed by atoms with van der Waals surface area (Å²) >= 11 is 0. The fourth-order valence-corrected chi connectivity index (χ4v) is 3.54. The van der Waals surface area contributed by atoms with Gasteiger partial charge in [0, 0.05) is 18.8 Å². The molecule has 1 aliphatic carbocycles. The zero-order valence-corrected chi connectivity index (χ0v) is 12.4. The quantitative estimate of drug-likeness (QED) is 0.825. The van der Waals surface area contributed by atoms with Crippen molar-refractivity contribution in [1.29, 1.82) is 5.26 Å². The van der Waals surface area contributed by atoms with Crippen molar-refractivity contribution < 1.29 is 0 Å². The molecule has 0 aromatic carbocycles. The lowest BCUT2D eigenvalue weighted by molar-refractivity contribution is 0.402. The molecule has 1 aromatic rings. The summed E-state index contributed by atoms with van der Waals surface area (Å²) in [6.45, 7) is 4.38. The Kier molecular flexibility index (Phi) is 3.91. The Bertz CT molecular complexity index is 530. The molecule has 1 fully saturated rings. The van der Waals surface area contributed by atoms with Crippen LogP contribution in [0.25, 0.3) is 0 Å². The third kappa shape index (κ3) is 2.52. The summed E-state index contributed by atoms with van der Waals surface area (Å²) in [7, 11) is 0. The van der Waals surface area contributed by atoms with Crippen LogP contribution in [0.4, 0.5) is 5.82 Å². The van der Waals surface area contributed by atoms with Gasteiger partial charge < -0.3 is 4.90 Å². The van der Waals surface area contributed by atoms with Crippen molar-refractivity contribution in [3.63, 3.8) is 0 Å². The molecule has 1 aliphatic heterocycles. The zero-order valence-electron chi connectivity index (χ0n) is 12.4. The van der Waals surface area contributed by atoms with Crippen molar-refractivity contribution in [2.75, 3.05) is 18.0 Å². The van der Waals surface area contributed by atoms with Crippen LogP contribution < -0.4 is 4.90 Å². The second-order valence-electron chi connectivity index (χ2n) is 6.15. The number of nitrogens with zero attached hydrogens (tertiary/aromatic N) is 3. The van der Waals surface area contributed by atoms with Crippen molar-refractivity contribution in [2.24, 2.45) is 5.92 Å². The molecule has 1 unspecified atom stereocenters. The van der Waals surface area contributed by atoms with E-state index in [1.807, 2.05) is 0 Å². The highest BCUT2D eigenvalue weighted by atomic mass is 15.2. The summed E-state index contributed by atoms with van der Waals surface area (Å²) in [5.74, 6) is 1.71. The number of anilines is 1. The number of rotatable bonds is 2. The summed E-state index contributed by atoms with van der Waals surface area (Å²) in [6, 6.07) is 4.48. The average Bonchev–Trinajstić information content (AvgIpc) is 2.53. The fourth-order valence-electron chi connectivity index (χ4n) is 3.54. The van der Waals surface area contributed by atoms with Gasteiger partial charge in [-0.1, -0.05) is 13.3 Å². The number of aromatic nitrogens is 1. The van der Waals surface area contributed by atoms with Gasteiger partial charge in [-0.25, -0.2) is 4.98 Å². The van der Waals surface area contributed by atoms with E-state index >= 15 is 0 Å². The first kappa shape index (κ1) is 13.4. The summed E-state index contributed by atoms with van der Waals surface area (Å²) < 4.78 is 0. The summed E-state index contributed by atoms with van der Waals surface area (Å²) in [5, 5.41) is 9.46. The number of fused-ring (bicyclic) bond motifs is 1. The maximum Gasteiger partial charge on any atom is 0.146 e. The van der Waals surface area contributed by atoms with Crippen molar-refractivity contribution in [3.05, 3.63) is 22.9 Å². The van der Waals surface area contributed by atoms with Gasteiger partial charge in [-0.2, -0.15) is 5.26 Å². The smallest absolute Gasteiger partial charge is 0.146 e. The lowest BCUT2D eigenvalue weighted by Crippen LogP contribution is -2.36. The molecule has 0 N–H and O–H groups in total. The van der Waals surface area contributed by atoms with E-state index in [0.717, 1.165) is 43.2 Å². The summed E-state index contributed by atoms with van der Waals surface area (Å²) in [6.07, 6.45) is 8.42. The Morgan fingerprint density at radius 1 is 1.35 bits per heavy atom. The number of hydrogen-bond acceptors (Lipinski definition) is 3. The van der Waals surface area contributed by atoms with E-state index < -0.39 is 0 Å². The van der Waals surface area contributed by atoms with Gasteiger partial charge in [-0.15, -0.1) is 0 Å². The Hall–Kier alpha value is -1.56. The van der Waals surface area contributed by atoms with Gasteiger partial charge in [0.15, 0.2) is 0 Å². The van der Waals surface area contributed by atoms with Crippen LogP contribution in [0.15, 0.2) is 6.07 Å². The van der Waals surface area contributed by atoms with Crippen LogP contribution in [0.2, 0.25) is 0 Å². The van der Waals surface area contributed by atoms with Crippen molar-refractivity contribution in [1.82, 2.24) is 4.98 Å². The molecular weight excluding hydrogens is 246 g/mol. The Morgan fingerprint density at radius 2 is 2.20 bits per heavy atom. The van der Waals surface area contributed by atoms with Crippen LogP contribution in [0.1, 0.15) is 55.8 Å². The monoisotopic (exact) mass is 269 g/mol. The molecule has 3 heteroatoms. The molecule has 20 heavy (non-hydrogen) atoms. The largest absolute Gasteiger partial charge is 0.355 e. The maximum atomic E-state index is 9.46. The molecule has 0 radical (unpaired) electrons. The second kappa shape index (κ2) is 5.83. The minimum atomic E-state index is 0.758. The summed E-state index contributed by atoms with van der Waals surface area (Å²) in [4.78, 5) is 7.23. The number of piperidine rings is 1. The summed E-state index contributed by atoms with van der Waals surface area (Å²) in [5.41, 5.74) is 3.33. The van der Waals surface area contributed by atoms with Gasteiger partial charge in [0.1, 0.15) is 11.9 Å². The molecule has 2 heterocycles. The van der Waals surface area contributed by atoms with Gasteiger partial charge in [-0.3, -0.25) is 0 Å². The highest BCUT2D eigenvalue weighted by Gasteiger charge is 2.23. The first-order valence-electron chi connectivity index (χ1n) is 7.99. The molecule has 106 valence electrons. The predicted molar refractivity (Wildman–Crippen MR) is 80.8 cm³/mol. The average molecular weight is 269 g/mol. The minimum absolute atomic E-state index is 0.758. The third-order valence-corrected chi connectivity index (χ3v) is 4.80. The number of aryl methyl sites for hydroxylation is 2. The van der Waals surface area contributed by atoms with Crippen molar-refractivity contribution in [2.45, 2.75) is 51.9 Å². The molecule has 1 atom stereocenters. The molecule has 1 aromatic heterocycles. The van der Waals surface area contributed by atoms with E-state index in [4.69, 9.17) is 4.98 Å². The van der Waals surface area contributed by atoms with Crippen LogP contribution in [-0.2, 0) is 12.8 Å². The third-order valence-electron chi connectivity index (χ3n) is 4.80. The molecule has 0 bridgehead atoms. The van der Waals surface area contributed by atoms with E-state index in [2.05, 4.69) is 24.0 Å². The number of hydrogen-bond donors (Lipinski definition) is 0. The van der Waals surface area contributed by atoms with E-state index in [0.29, 0.717) is 0 Å². The van der Waals surface area contributed by atoms with Crippen LogP contribution in [0, 0.1) is 17.2 Å². The van der Waals surface area contributed by atoms with Crippen LogP contribution in [0.5, 0.6) is 0 Å². The molecule has 3 nitrogen and oxygen atoms in total. The molecule has 2 aliphatic rings. The highest BCUT2D eigenvalue weighted by molar-refractivity contribution is 5.56. The zero-order chi connectivity index (χ0) is 13.9. The number of pyridine rings is 1. The van der Waals surface area contributed by atoms with E-state index in [1.165, 1.54) is 43.4 Å². The van der Waals surface area contributed by atoms with E-state index in [-0.39, 0.29) is 0 Å². The number of nitriles is 1. The Balaban J connectivity index is 1.93. The molecular formula is C17H23N3. The van der Waals surface area contributed by atoms with Crippen molar-refractivity contribution >= 4 is 5.82 Å². The molecule has 0 amide bonds. The van der Waals surface area contributed by atoms with Gasteiger partial charge in [0.2, 0.25) is 0 Å². The predicted octanol–water partition coefficient (Wildman–Crippen LogP) is 3.46. The van der Waals surface area contributed by atoms with Crippen LogP contribution in [-0.4, -0.2) is 18.1 Å². The minimum Gasteiger partial charge on any atom is -0.355 e. The topological polar surface area (TPSA) is 39.9 Å². The van der Waals surface area contributed by atoms with E-state index in [1.54, 1.807) is 0 Å². The van der Waals surface area contributed by atoms with Crippen molar-refractivity contribution in [3.8, 4) is 6.07 Å². The van der Waals surface area contributed by atoms with Gasteiger partial charge in [0.05, 0.1) is 5.56 Å². The van der Waals surface area contributed by atoms with Gasteiger partial charge in [-0.05, 0) is 56.1 Å². The fraction of sp³-hybridized carbons (Fsp3) is 0.647. The molecule has 0 saturated carbocycles. The first-order chi connectivity index (χ1) is 9.81. The lowest BCUT2D eigenvalue weighted by atomic mass is 9.93. The maximum absolute atomic E-state index is 9.46. The van der Waals surface area contributed by atoms with E-state index in [9.17, 15) is 5.26 Å². The second-order valence-corrected chi connectivity index (χ2v) is 6.15. The van der Waals surface area contributed by atoms with Gasteiger partial charge >= 0.3 is 0 Å². The standard InChI is InChI=1S/C17H23N3/c1-2-13-6-5-9-20(12-13)17-15(11-18)10-14-7-3-4-8-16(14)19-17/h10,13H,2-9,12H2,1H3. The Labute approximate surface area is 121 Å². The Morgan fingerprint density at radius 3 is 3.00 bits per heavy atom. The van der Waals surface area contributed by atoms with Crippen LogP contribution >= 0.6 is 0 Å². The first-order valence-corrected chi connectivity index (χ1v) is 7.99.